The monoisotopic (exact) mass is 161 g/mol. The summed E-state index contributed by atoms with van der Waals surface area (Å²) < 4.78 is 4.96. The maximum absolute atomic E-state index is 11.1. The number of aromatic amines is 1. The van der Waals surface area contributed by atoms with Crippen LogP contribution in [0.15, 0.2) is 26.1 Å². The van der Waals surface area contributed by atoms with E-state index in [2.05, 4.69) is 4.98 Å². The fraction of sp³-hybridized carbons (Fsp3) is 0. The minimum atomic E-state index is -0.340. The van der Waals surface area contributed by atoms with E-state index in [1.54, 1.807) is 12.1 Å². The van der Waals surface area contributed by atoms with Gasteiger partial charge in [-0.05, 0) is 12.1 Å². The second kappa shape index (κ2) is 1.50. The Balaban J connectivity index is 2.78. The number of H-pyrrole nitrogens is 1. The third-order valence-electron chi connectivity index (χ3n) is 1.98. The van der Waals surface area contributed by atoms with Crippen LogP contribution in [-0.4, -0.2) is 4.98 Å². The van der Waals surface area contributed by atoms with Gasteiger partial charge in [-0.2, -0.15) is 0 Å². The highest BCUT2D eigenvalue weighted by Gasteiger charge is 2.13. The molecule has 0 aliphatic heterocycles. The van der Waals surface area contributed by atoms with E-state index < -0.39 is 0 Å². The predicted molar refractivity (Wildman–Crippen MR) is 43.0 cm³/mol. The molecule has 4 heteroatoms. The smallest absolute Gasteiger partial charge is 0.259 e. The number of fused-ring (bicyclic) bond motifs is 2. The maximum atomic E-state index is 11.1. The summed E-state index contributed by atoms with van der Waals surface area (Å²) in [6.07, 6.45) is 0. The van der Waals surface area contributed by atoms with Crippen molar-refractivity contribution in [2.75, 3.05) is 0 Å². The van der Waals surface area contributed by atoms with Crippen LogP contribution in [0.4, 0.5) is 0 Å². The van der Waals surface area contributed by atoms with Crippen molar-refractivity contribution in [2.24, 2.45) is 0 Å². The highest BCUT2D eigenvalue weighted by Crippen LogP contribution is 2.26. The molecule has 3 rings (SSSR count). The lowest BCUT2D eigenvalue weighted by molar-refractivity contribution is 0.757. The van der Waals surface area contributed by atoms with Gasteiger partial charge in [0.2, 0.25) is 0 Å². The molecule has 3 aromatic rings. The van der Waals surface area contributed by atoms with E-state index in [9.17, 15) is 9.59 Å². The molecule has 0 saturated heterocycles. The molecule has 0 spiro atoms. The zero-order valence-corrected chi connectivity index (χ0v) is 5.88. The summed E-state index contributed by atoms with van der Waals surface area (Å²) in [5.41, 5.74) is 0.707. The van der Waals surface area contributed by atoms with Crippen molar-refractivity contribution in [2.45, 2.75) is 0 Å². The van der Waals surface area contributed by atoms with Crippen molar-refractivity contribution in [1.82, 2.24) is 4.98 Å². The van der Waals surface area contributed by atoms with E-state index >= 15 is 0 Å². The van der Waals surface area contributed by atoms with Crippen LogP contribution in [-0.2, 0) is 0 Å². The Kier molecular flexibility index (Phi) is 0.721. The van der Waals surface area contributed by atoms with Gasteiger partial charge in [0.25, 0.3) is 11.1 Å². The van der Waals surface area contributed by atoms with Crippen molar-refractivity contribution < 1.29 is 4.42 Å². The molecule has 0 amide bonds. The number of benzene rings is 1. The van der Waals surface area contributed by atoms with Gasteiger partial charge in [0.05, 0.1) is 10.8 Å². The second-order valence-electron chi connectivity index (χ2n) is 2.73. The number of hydrogen-bond donors (Lipinski definition) is 1. The van der Waals surface area contributed by atoms with Crippen LogP contribution in [0.2, 0.25) is 0 Å². The molecule has 0 radical (unpaired) electrons. The Morgan fingerprint density at radius 3 is 2.00 bits per heavy atom. The van der Waals surface area contributed by atoms with Crippen LogP contribution in [0.25, 0.3) is 21.9 Å². The minimum Gasteiger partial charge on any atom is -0.449 e. The largest absolute Gasteiger partial charge is 0.449 e. The van der Waals surface area contributed by atoms with Gasteiger partial charge in [0.1, 0.15) is 0 Å². The molecule has 0 aliphatic carbocycles. The highest BCUT2D eigenvalue weighted by atomic mass is 16.4. The predicted octanol–water partition coefficient (Wildman–Crippen LogP) is 0.510. The summed E-state index contributed by atoms with van der Waals surface area (Å²) in [6, 6.07) is 3.18. The Hall–Kier alpha value is -1.84. The van der Waals surface area contributed by atoms with Crippen LogP contribution >= 0.6 is 0 Å². The van der Waals surface area contributed by atoms with E-state index in [1.165, 1.54) is 0 Å². The van der Waals surface area contributed by atoms with E-state index in [1.807, 2.05) is 0 Å². The number of nitrogens with one attached hydrogen (secondary N) is 1. The fourth-order valence-electron chi connectivity index (χ4n) is 1.33. The van der Waals surface area contributed by atoms with Crippen LogP contribution < -0.4 is 11.1 Å². The van der Waals surface area contributed by atoms with Gasteiger partial charge in [0.15, 0.2) is 11.2 Å². The minimum absolute atomic E-state index is 0.340. The first-order chi connectivity index (χ1) is 5.75. The molecule has 0 bridgehead atoms. The number of rotatable bonds is 0. The molecule has 2 aromatic heterocycles. The Morgan fingerprint density at radius 2 is 1.50 bits per heavy atom. The van der Waals surface area contributed by atoms with E-state index in [0.717, 1.165) is 0 Å². The molecule has 0 fully saturated rings. The van der Waals surface area contributed by atoms with Gasteiger partial charge in [-0.15, -0.1) is 0 Å². The molecule has 2 heterocycles. The number of hydrogen-bond acceptors (Lipinski definition) is 3. The van der Waals surface area contributed by atoms with Crippen LogP contribution in [0.3, 0.4) is 0 Å². The van der Waals surface area contributed by atoms with Crippen molar-refractivity contribution in [1.29, 1.82) is 0 Å². The van der Waals surface area contributed by atoms with Crippen molar-refractivity contribution in [3.63, 3.8) is 0 Å². The Labute approximate surface area is 65.1 Å². The van der Waals surface area contributed by atoms with Crippen LogP contribution in [0.1, 0.15) is 0 Å². The first-order valence-corrected chi connectivity index (χ1v) is 3.47. The average molecular weight is 161 g/mol. The topological polar surface area (TPSA) is 63.1 Å². The van der Waals surface area contributed by atoms with E-state index in [4.69, 9.17) is 4.42 Å². The zero-order chi connectivity index (χ0) is 8.29. The first-order valence-electron chi connectivity index (χ1n) is 3.47. The normalized spacial score (nSPS) is 12.0. The molecule has 4 nitrogen and oxygen atoms in total. The van der Waals surface area contributed by atoms with Gasteiger partial charge in [0, 0.05) is 0 Å². The van der Waals surface area contributed by atoms with E-state index in [-0.39, 0.29) is 11.1 Å². The van der Waals surface area contributed by atoms with Crippen molar-refractivity contribution >= 4 is 21.9 Å². The quantitative estimate of drug-likeness (QED) is 0.522. The summed E-state index contributed by atoms with van der Waals surface area (Å²) in [5, 5.41) is 0.826. The molecule has 0 unspecified atom stereocenters. The fourth-order valence-corrected chi connectivity index (χ4v) is 1.33. The van der Waals surface area contributed by atoms with Crippen molar-refractivity contribution in [3.05, 3.63) is 32.8 Å². The SMILES string of the molecule is O=c1[nH]c(=O)c2cc3oc3cc12. The standard InChI is InChI=1S/C8H3NO3/c10-7-3-1-5-6(12-5)2-4(3)8(11)9-7/h1-2H,(H,9,10,11). The number of aromatic nitrogens is 1. The van der Waals surface area contributed by atoms with Gasteiger partial charge >= 0.3 is 0 Å². The molecule has 12 heavy (non-hydrogen) atoms. The lowest BCUT2D eigenvalue weighted by Crippen LogP contribution is -2.05. The second-order valence-corrected chi connectivity index (χ2v) is 2.73. The third-order valence-corrected chi connectivity index (χ3v) is 1.98. The van der Waals surface area contributed by atoms with Crippen molar-refractivity contribution in [3.8, 4) is 0 Å². The molecule has 0 aliphatic rings. The molecule has 1 aromatic carbocycles. The molecule has 1 N–H and O–H groups in total. The molecule has 58 valence electrons. The Morgan fingerprint density at radius 1 is 1.00 bits per heavy atom. The molecular formula is C8H3NO3. The summed E-state index contributed by atoms with van der Waals surface area (Å²) in [6.45, 7) is 0. The summed E-state index contributed by atoms with van der Waals surface area (Å²) in [4.78, 5) is 24.3. The van der Waals surface area contributed by atoms with Crippen LogP contribution in [0, 0.1) is 0 Å². The van der Waals surface area contributed by atoms with Gasteiger partial charge in [-0.1, -0.05) is 0 Å². The lowest BCUT2D eigenvalue weighted by Gasteiger charge is -1.74. The Bertz CT molecular complexity index is 595. The molecule has 0 saturated carbocycles. The van der Waals surface area contributed by atoms with Gasteiger partial charge < -0.3 is 4.42 Å². The third kappa shape index (κ3) is 0.528. The summed E-state index contributed by atoms with van der Waals surface area (Å²) in [5.74, 6) is 0. The highest BCUT2D eigenvalue weighted by molar-refractivity contribution is 5.96. The van der Waals surface area contributed by atoms with Gasteiger partial charge in [-0.3, -0.25) is 14.6 Å². The summed E-state index contributed by atoms with van der Waals surface area (Å²) >= 11 is 0. The maximum Gasteiger partial charge on any atom is 0.259 e. The average Bonchev–Trinajstić information content (AvgIpc) is 2.73. The van der Waals surface area contributed by atoms with Crippen LogP contribution in [0.5, 0.6) is 0 Å². The summed E-state index contributed by atoms with van der Waals surface area (Å²) in [7, 11) is 0. The van der Waals surface area contributed by atoms with E-state index in [0.29, 0.717) is 21.9 Å². The molecule has 0 atom stereocenters. The zero-order valence-electron chi connectivity index (χ0n) is 5.88. The lowest BCUT2D eigenvalue weighted by atomic mass is 10.2. The first kappa shape index (κ1) is 5.77. The van der Waals surface area contributed by atoms with Gasteiger partial charge in [-0.25, -0.2) is 0 Å². The molecular weight excluding hydrogens is 158 g/mol.